The molecule has 0 atom stereocenters. The van der Waals surface area contributed by atoms with Crippen molar-refractivity contribution in [1.82, 2.24) is 14.5 Å². The summed E-state index contributed by atoms with van der Waals surface area (Å²) in [6.07, 6.45) is 0. The largest absolute Gasteiger partial charge is 0.367 e. The van der Waals surface area contributed by atoms with Gasteiger partial charge in [0.15, 0.2) is 5.96 Å². The number of para-hydroxylation sites is 1. The highest BCUT2D eigenvalue weighted by Crippen LogP contribution is 2.26. The molecule has 0 bridgehead atoms. The lowest BCUT2D eigenvalue weighted by Gasteiger charge is -2.38. The van der Waals surface area contributed by atoms with E-state index in [1.807, 2.05) is 36.4 Å². The normalized spacial score (nSPS) is 15.6. The number of sulfonamides is 1. The monoisotopic (exact) mass is 449 g/mol. The Kier molecular flexibility index (Phi) is 7.23. The minimum atomic E-state index is -3.41. The molecule has 1 aliphatic rings. The number of nitrogens with zero attached hydrogens (tertiary/aromatic N) is 4. The Balaban J connectivity index is 1.56. The average molecular weight is 450 g/mol. The van der Waals surface area contributed by atoms with Crippen LogP contribution < -0.4 is 10.2 Å². The summed E-state index contributed by atoms with van der Waals surface area (Å²) in [4.78, 5) is 9.20. The predicted molar refractivity (Wildman–Crippen MR) is 123 cm³/mol. The van der Waals surface area contributed by atoms with Crippen LogP contribution in [0.1, 0.15) is 5.56 Å². The van der Waals surface area contributed by atoms with E-state index < -0.39 is 10.0 Å². The van der Waals surface area contributed by atoms with Gasteiger partial charge in [-0.25, -0.2) is 12.7 Å². The zero-order valence-electron chi connectivity index (χ0n) is 17.5. The summed E-state index contributed by atoms with van der Waals surface area (Å²) in [5.41, 5.74) is 2.05. The summed E-state index contributed by atoms with van der Waals surface area (Å²) in [5.74, 6) is 0.832. The van der Waals surface area contributed by atoms with Gasteiger partial charge in [0.05, 0.1) is 15.6 Å². The van der Waals surface area contributed by atoms with Crippen molar-refractivity contribution >= 4 is 33.3 Å². The highest BCUT2D eigenvalue weighted by atomic mass is 35.5. The van der Waals surface area contributed by atoms with Crippen LogP contribution in [0.25, 0.3) is 0 Å². The molecule has 0 aromatic heterocycles. The van der Waals surface area contributed by atoms with Gasteiger partial charge in [0, 0.05) is 53.9 Å². The fraction of sp³-hybridized carbons (Fsp3) is 0.381. The van der Waals surface area contributed by atoms with Gasteiger partial charge in [-0.1, -0.05) is 35.9 Å². The third-order valence-electron chi connectivity index (χ3n) is 5.14. The molecule has 1 aliphatic heterocycles. The van der Waals surface area contributed by atoms with Crippen LogP contribution in [0, 0.1) is 0 Å². The number of halogens is 1. The Labute approximate surface area is 184 Å². The SMILES string of the molecule is CN=C(NCc1ccc(S(=O)(=O)N(C)C)cc1)N1CCN(c2ccccc2Cl)CC1. The van der Waals surface area contributed by atoms with Crippen LogP contribution in [-0.2, 0) is 16.6 Å². The van der Waals surface area contributed by atoms with Crippen LogP contribution in [0.15, 0.2) is 58.4 Å². The summed E-state index contributed by atoms with van der Waals surface area (Å²) in [6, 6.07) is 14.8. The number of anilines is 1. The minimum Gasteiger partial charge on any atom is -0.367 e. The van der Waals surface area contributed by atoms with E-state index in [-0.39, 0.29) is 4.90 Å². The van der Waals surface area contributed by atoms with Gasteiger partial charge in [0.25, 0.3) is 0 Å². The number of benzene rings is 2. The van der Waals surface area contributed by atoms with Gasteiger partial charge in [-0.3, -0.25) is 4.99 Å². The third kappa shape index (κ3) is 5.06. The zero-order chi connectivity index (χ0) is 21.7. The molecule has 3 rings (SSSR count). The molecule has 0 amide bonds. The molecule has 0 unspecified atom stereocenters. The predicted octanol–water partition coefficient (Wildman–Crippen LogP) is 2.49. The van der Waals surface area contributed by atoms with Crippen LogP contribution >= 0.6 is 11.6 Å². The molecule has 0 spiro atoms. The lowest BCUT2D eigenvalue weighted by molar-refractivity contribution is 0.372. The Bertz CT molecular complexity index is 985. The highest BCUT2D eigenvalue weighted by Gasteiger charge is 2.21. The summed E-state index contributed by atoms with van der Waals surface area (Å²) in [7, 11) is 1.42. The summed E-state index contributed by atoms with van der Waals surface area (Å²) >= 11 is 6.33. The van der Waals surface area contributed by atoms with Gasteiger partial charge in [-0.2, -0.15) is 0 Å². The number of guanidine groups is 1. The number of hydrogen-bond donors (Lipinski definition) is 1. The maximum Gasteiger partial charge on any atom is 0.242 e. The fourth-order valence-corrected chi connectivity index (χ4v) is 4.53. The Morgan fingerprint density at radius 3 is 2.27 bits per heavy atom. The molecule has 0 radical (unpaired) electrons. The first kappa shape index (κ1) is 22.4. The average Bonchev–Trinajstić information content (AvgIpc) is 2.75. The van der Waals surface area contributed by atoms with Crippen molar-refractivity contribution in [1.29, 1.82) is 0 Å². The number of aliphatic imine (C=N–C) groups is 1. The molecule has 0 aliphatic carbocycles. The molecule has 1 fully saturated rings. The molecule has 162 valence electrons. The molecular formula is C21H28ClN5O2S. The van der Waals surface area contributed by atoms with Gasteiger partial charge in [0.1, 0.15) is 0 Å². The maximum absolute atomic E-state index is 12.2. The first-order valence-corrected chi connectivity index (χ1v) is 11.6. The second-order valence-electron chi connectivity index (χ2n) is 7.26. The Morgan fingerprint density at radius 1 is 1.07 bits per heavy atom. The molecule has 7 nitrogen and oxygen atoms in total. The van der Waals surface area contributed by atoms with Crippen LogP contribution in [0.4, 0.5) is 5.69 Å². The minimum absolute atomic E-state index is 0.288. The van der Waals surface area contributed by atoms with E-state index in [0.717, 1.165) is 48.4 Å². The van der Waals surface area contributed by atoms with E-state index >= 15 is 0 Å². The number of hydrogen-bond acceptors (Lipinski definition) is 4. The second-order valence-corrected chi connectivity index (χ2v) is 9.82. The van der Waals surface area contributed by atoms with Gasteiger partial charge >= 0.3 is 0 Å². The van der Waals surface area contributed by atoms with Crippen molar-refractivity contribution in [3.05, 3.63) is 59.1 Å². The summed E-state index contributed by atoms with van der Waals surface area (Å²) in [6.45, 7) is 3.97. The van der Waals surface area contributed by atoms with Gasteiger partial charge in [-0.05, 0) is 29.8 Å². The molecule has 1 N–H and O–H groups in total. The van der Waals surface area contributed by atoms with Crippen LogP contribution in [0.5, 0.6) is 0 Å². The molecule has 1 heterocycles. The van der Waals surface area contributed by atoms with Crippen LogP contribution in [-0.4, -0.2) is 70.9 Å². The first-order chi connectivity index (χ1) is 14.3. The van der Waals surface area contributed by atoms with Crippen LogP contribution in [0.2, 0.25) is 5.02 Å². The van der Waals surface area contributed by atoms with E-state index in [1.165, 1.54) is 18.4 Å². The van der Waals surface area contributed by atoms with Crippen molar-refractivity contribution in [2.45, 2.75) is 11.4 Å². The van der Waals surface area contributed by atoms with Crippen molar-refractivity contribution in [3.63, 3.8) is 0 Å². The second kappa shape index (κ2) is 9.68. The Hall–Kier alpha value is -2.29. The van der Waals surface area contributed by atoms with E-state index in [4.69, 9.17) is 11.6 Å². The molecule has 0 saturated carbocycles. The number of nitrogens with one attached hydrogen (secondary N) is 1. The molecule has 2 aromatic rings. The van der Waals surface area contributed by atoms with E-state index in [0.29, 0.717) is 6.54 Å². The summed E-state index contributed by atoms with van der Waals surface area (Å²) < 4.78 is 25.6. The first-order valence-electron chi connectivity index (χ1n) is 9.79. The summed E-state index contributed by atoms with van der Waals surface area (Å²) in [5, 5.41) is 4.15. The lowest BCUT2D eigenvalue weighted by atomic mass is 10.2. The number of piperazine rings is 1. The van der Waals surface area contributed by atoms with E-state index in [2.05, 4.69) is 20.1 Å². The van der Waals surface area contributed by atoms with Gasteiger partial charge in [-0.15, -0.1) is 0 Å². The topological polar surface area (TPSA) is 68.2 Å². The molecule has 1 saturated heterocycles. The van der Waals surface area contributed by atoms with E-state index in [9.17, 15) is 8.42 Å². The quantitative estimate of drug-likeness (QED) is 0.561. The lowest BCUT2D eigenvalue weighted by Crippen LogP contribution is -2.52. The third-order valence-corrected chi connectivity index (χ3v) is 7.29. The zero-order valence-corrected chi connectivity index (χ0v) is 19.1. The van der Waals surface area contributed by atoms with Crippen molar-refractivity contribution in [2.75, 3.05) is 52.2 Å². The van der Waals surface area contributed by atoms with Crippen molar-refractivity contribution in [2.24, 2.45) is 4.99 Å². The molecular weight excluding hydrogens is 422 g/mol. The standard InChI is InChI=1S/C21H28ClN5O2S/c1-23-21(24-16-17-8-10-18(11-9-17)30(28,29)25(2)3)27-14-12-26(13-15-27)20-7-5-4-6-19(20)22/h4-11H,12-16H2,1-3H3,(H,23,24). The van der Waals surface area contributed by atoms with Crippen LogP contribution in [0.3, 0.4) is 0 Å². The molecule has 2 aromatic carbocycles. The van der Waals surface area contributed by atoms with Crippen molar-refractivity contribution < 1.29 is 8.42 Å². The van der Waals surface area contributed by atoms with Gasteiger partial charge in [0.2, 0.25) is 10.0 Å². The molecule has 9 heteroatoms. The highest BCUT2D eigenvalue weighted by molar-refractivity contribution is 7.89. The number of rotatable bonds is 5. The van der Waals surface area contributed by atoms with Gasteiger partial charge < -0.3 is 15.1 Å². The van der Waals surface area contributed by atoms with E-state index in [1.54, 1.807) is 19.2 Å². The molecule has 30 heavy (non-hydrogen) atoms. The van der Waals surface area contributed by atoms with Crippen molar-refractivity contribution in [3.8, 4) is 0 Å². The smallest absolute Gasteiger partial charge is 0.242 e. The Morgan fingerprint density at radius 2 is 1.70 bits per heavy atom. The fourth-order valence-electron chi connectivity index (χ4n) is 3.37. The maximum atomic E-state index is 12.2.